The molecule has 1 saturated heterocycles. The standard InChI is InChI=1S/C47H46N4O6/c1-55-28-29-56-41-24-22-35(23-25-41)31-51-43(26-27-44(51)52)45(53)49-42(46(54)57-33-36-14-6-2-7-15-36)30-40-32-50(34-48-40)47(37-16-8-3-9-17-37,38-18-10-4-11-19-38)39-20-12-5-13-21-39/h2-25,32,34,42-43H,26-31,33H2,1H3,(H,49,53)/t42-,43-/m0/s1. The zero-order valence-electron chi connectivity index (χ0n) is 31.9. The summed E-state index contributed by atoms with van der Waals surface area (Å²) in [6, 6.07) is 45.7. The van der Waals surface area contributed by atoms with E-state index in [0.29, 0.717) is 31.1 Å². The van der Waals surface area contributed by atoms with E-state index in [4.69, 9.17) is 19.2 Å². The molecule has 0 radical (unpaired) electrons. The number of methoxy groups -OCH3 is 1. The van der Waals surface area contributed by atoms with Gasteiger partial charge < -0.3 is 29.0 Å². The SMILES string of the molecule is COCCOc1ccc(CN2C(=O)CC[C@H]2C(=O)N[C@@H](Cc2cn(C(c3ccccc3)(c3ccccc3)c3ccccc3)cn2)C(=O)OCc2ccccc2)cc1. The predicted octanol–water partition coefficient (Wildman–Crippen LogP) is 6.71. The number of amides is 2. The van der Waals surface area contributed by atoms with Gasteiger partial charge in [-0.2, -0.15) is 0 Å². The van der Waals surface area contributed by atoms with Gasteiger partial charge in [0.25, 0.3) is 0 Å². The van der Waals surface area contributed by atoms with Crippen LogP contribution in [-0.4, -0.2) is 64.6 Å². The molecule has 2 heterocycles. The Morgan fingerprint density at radius 3 is 1.93 bits per heavy atom. The number of nitrogens with zero attached hydrogens (tertiary/aromatic N) is 3. The normalized spacial score (nSPS) is 14.6. The topological polar surface area (TPSA) is 112 Å². The predicted molar refractivity (Wildman–Crippen MR) is 216 cm³/mol. The molecule has 57 heavy (non-hydrogen) atoms. The lowest BCUT2D eigenvalue weighted by Gasteiger charge is -2.37. The molecule has 1 aromatic heterocycles. The van der Waals surface area contributed by atoms with Crippen molar-refractivity contribution in [1.82, 2.24) is 19.8 Å². The zero-order chi connectivity index (χ0) is 39.5. The molecular formula is C47H46N4O6. The molecule has 1 aliphatic heterocycles. The van der Waals surface area contributed by atoms with Crippen LogP contribution >= 0.6 is 0 Å². The van der Waals surface area contributed by atoms with Gasteiger partial charge in [0, 0.05) is 32.7 Å². The van der Waals surface area contributed by atoms with Gasteiger partial charge in [0.1, 0.15) is 36.6 Å². The van der Waals surface area contributed by atoms with E-state index in [1.54, 1.807) is 18.3 Å². The number of carbonyl (C=O) groups excluding carboxylic acids is 3. The maximum atomic E-state index is 14.1. The van der Waals surface area contributed by atoms with Crippen LogP contribution in [0.1, 0.15) is 46.4 Å². The molecule has 0 bridgehead atoms. The second-order valence-electron chi connectivity index (χ2n) is 14.0. The van der Waals surface area contributed by atoms with E-state index in [1.165, 1.54) is 0 Å². The molecule has 1 N–H and O–H groups in total. The first-order valence-corrected chi connectivity index (χ1v) is 19.2. The summed E-state index contributed by atoms with van der Waals surface area (Å²) < 4.78 is 18.6. The van der Waals surface area contributed by atoms with Gasteiger partial charge >= 0.3 is 5.97 Å². The highest BCUT2D eigenvalue weighted by molar-refractivity contribution is 5.93. The molecule has 290 valence electrons. The Labute approximate surface area is 333 Å². The number of hydrogen-bond donors (Lipinski definition) is 1. The van der Waals surface area contributed by atoms with Crippen LogP contribution in [-0.2, 0) is 49.0 Å². The lowest BCUT2D eigenvalue weighted by atomic mass is 9.77. The smallest absolute Gasteiger partial charge is 0.329 e. The summed E-state index contributed by atoms with van der Waals surface area (Å²) in [5.41, 5.74) is 4.52. The molecule has 1 aliphatic rings. The third-order valence-corrected chi connectivity index (χ3v) is 10.3. The Kier molecular flexibility index (Phi) is 12.5. The number of imidazole rings is 1. The average molecular weight is 763 g/mol. The number of esters is 1. The molecule has 1 fully saturated rings. The van der Waals surface area contributed by atoms with Gasteiger partial charge in [-0.25, -0.2) is 9.78 Å². The highest BCUT2D eigenvalue weighted by Crippen LogP contribution is 2.41. The van der Waals surface area contributed by atoms with Crippen molar-refractivity contribution in [3.05, 3.63) is 192 Å². The highest BCUT2D eigenvalue weighted by Gasteiger charge is 2.40. The van der Waals surface area contributed by atoms with Gasteiger partial charge in [0.2, 0.25) is 11.8 Å². The minimum atomic E-state index is -1.08. The van der Waals surface area contributed by atoms with Crippen LogP contribution in [0.2, 0.25) is 0 Å². The fourth-order valence-corrected chi connectivity index (χ4v) is 7.47. The van der Waals surface area contributed by atoms with Crippen LogP contribution in [0.4, 0.5) is 0 Å². The minimum Gasteiger partial charge on any atom is -0.491 e. The van der Waals surface area contributed by atoms with Gasteiger partial charge in [0.15, 0.2) is 0 Å². The molecule has 7 rings (SSSR count). The van der Waals surface area contributed by atoms with Gasteiger partial charge in [-0.15, -0.1) is 0 Å². The molecule has 10 heteroatoms. The van der Waals surface area contributed by atoms with Crippen molar-refractivity contribution in [2.24, 2.45) is 0 Å². The van der Waals surface area contributed by atoms with Gasteiger partial charge in [0.05, 0.1) is 18.6 Å². The number of ether oxygens (including phenoxy) is 3. The largest absolute Gasteiger partial charge is 0.491 e. The zero-order valence-corrected chi connectivity index (χ0v) is 31.9. The number of aromatic nitrogens is 2. The molecule has 10 nitrogen and oxygen atoms in total. The summed E-state index contributed by atoms with van der Waals surface area (Å²) in [5, 5.41) is 2.97. The fraction of sp³-hybridized carbons (Fsp3) is 0.234. The molecule has 0 aliphatic carbocycles. The van der Waals surface area contributed by atoms with E-state index in [1.807, 2.05) is 115 Å². The maximum Gasteiger partial charge on any atom is 0.329 e. The third kappa shape index (κ3) is 8.98. The van der Waals surface area contributed by atoms with Crippen molar-refractivity contribution < 1.29 is 28.6 Å². The number of benzene rings is 5. The van der Waals surface area contributed by atoms with E-state index in [-0.39, 0.29) is 31.9 Å². The van der Waals surface area contributed by atoms with E-state index >= 15 is 0 Å². The van der Waals surface area contributed by atoms with Gasteiger partial charge in [-0.05, 0) is 46.4 Å². The molecule has 6 aromatic rings. The molecule has 0 saturated carbocycles. The second kappa shape index (κ2) is 18.4. The molecule has 0 unspecified atom stereocenters. The Bertz CT molecular complexity index is 2120. The fourth-order valence-electron chi connectivity index (χ4n) is 7.47. The quantitative estimate of drug-likeness (QED) is 0.0625. The monoisotopic (exact) mass is 762 g/mol. The van der Waals surface area contributed by atoms with Crippen molar-refractivity contribution in [3.63, 3.8) is 0 Å². The molecule has 5 aromatic carbocycles. The van der Waals surface area contributed by atoms with Crippen LogP contribution < -0.4 is 10.1 Å². The molecule has 2 atom stereocenters. The highest BCUT2D eigenvalue weighted by atomic mass is 16.5. The van der Waals surface area contributed by atoms with Crippen LogP contribution in [0, 0.1) is 0 Å². The lowest BCUT2D eigenvalue weighted by molar-refractivity contribution is -0.149. The first-order chi connectivity index (χ1) is 27.9. The van der Waals surface area contributed by atoms with Crippen molar-refractivity contribution in [1.29, 1.82) is 0 Å². The Balaban J connectivity index is 1.17. The van der Waals surface area contributed by atoms with Gasteiger partial charge in [-0.1, -0.05) is 133 Å². The van der Waals surface area contributed by atoms with Crippen molar-refractivity contribution in [2.45, 2.75) is 50.0 Å². The van der Waals surface area contributed by atoms with Crippen LogP contribution in [0.25, 0.3) is 0 Å². The summed E-state index contributed by atoms with van der Waals surface area (Å²) >= 11 is 0. The van der Waals surface area contributed by atoms with E-state index < -0.39 is 29.5 Å². The second-order valence-corrected chi connectivity index (χ2v) is 14.0. The lowest BCUT2D eigenvalue weighted by Crippen LogP contribution is -2.51. The Hall–Kier alpha value is -6.52. The number of nitrogens with one attached hydrogen (secondary N) is 1. The van der Waals surface area contributed by atoms with E-state index in [2.05, 4.69) is 46.3 Å². The number of hydrogen-bond acceptors (Lipinski definition) is 7. The number of carbonyl (C=O) groups is 3. The summed E-state index contributed by atoms with van der Waals surface area (Å²) in [4.78, 5) is 47.6. The Morgan fingerprint density at radius 2 is 1.35 bits per heavy atom. The van der Waals surface area contributed by atoms with E-state index in [9.17, 15) is 14.4 Å². The van der Waals surface area contributed by atoms with Crippen LogP contribution in [0.3, 0.4) is 0 Å². The summed E-state index contributed by atoms with van der Waals surface area (Å²) in [6.07, 6.45) is 4.33. The van der Waals surface area contributed by atoms with Crippen LogP contribution in [0.5, 0.6) is 5.75 Å². The number of rotatable bonds is 17. The number of likely N-dealkylation sites (tertiary alicyclic amines) is 1. The van der Waals surface area contributed by atoms with Crippen LogP contribution in [0.15, 0.2) is 158 Å². The summed E-state index contributed by atoms with van der Waals surface area (Å²) in [7, 11) is 1.62. The molecular weight excluding hydrogens is 717 g/mol. The molecule has 2 amide bonds. The molecule has 0 spiro atoms. The first-order valence-electron chi connectivity index (χ1n) is 19.2. The first kappa shape index (κ1) is 38.7. The third-order valence-electron chi connectivity index (χ3n) is 10.3. The maximum absolute atomic E-state index is 14.1. The van der Waals surface area contributed by atoms with Crippen molar-refractivity contribution in [2.75, 3.05) is 20.3 Å². The van der Waals surface area contributed by atoms with Crippen molar-refractivity contribution in [3.8, 4) is 5.75 Å². The minimum absolute atomic E-state index is 0.0405. The average Bonchev–Trinajstić information content (AvgIpc) is 3.88. The Morgan fingerprint density at radius 1 is 0.772 bits per heavy atom. The van der Waals surface area contributed by atoms with Crippen molar-refractivity contribution >= 4 is 17.8 Å². The van der Waals surface area contributed by atoms with E-state index in [0.717, 1.165) is 27.8 Å². The van der Waals surface area contributed by atoms with Gasteiger partial charge in [-0.3, -0.25) is 9.59 Å². The summed E-state index contributed by atoms with van der Waals surface area (Å²) in [6.45, 7) is 1.17. The summed E-state index contributed by atoms with van der Waals surface area (Å²) in [5.74, 6) is -0.460.